The fourth-order valence-electron chi connectivity index (χ4n) is 7.11. The molecule has 2 unspecified atom stereocenters. The fourth-order valence-corrected chi connectivity index (χ4v) is 7.11. The van der Waals surface area contributed by atoms with Crippen LogP contribution in [0.4, 0.5) is 0 Å². The van der Waals surface area contributed by atoms with Crippen molar-refractivity contribution in [2.45, 2.75) is 141 Å². The first-order chi connectivity index (χ1) is 15.7. The standard InChI is InChI=1S/C28H50O4/c1-3-11-23-21(2)20-26(32-28-15-8-10-19-30-28)24(23)16-17-25(22-12-5-4-6-13-22)31-27-14-7-9-18-29-27/h21-28H,3-20H2,1-2H3/t21-,23-,24+,25+,26+,27?,28?/m0/s1. The Labute approximate surface area is 197 Å². The molecule has 0 bridgehead atoms. The highest BCUT2D eigenvalue weighted by molar-refractivity contribution is 4.91. The lowest BCUT2D eigenvalue weighted by Crippen LogP contribution is -2.35. The van der Waals surface area contributed by atoms with E-state index in [4.69, 9.17) is 18.9 Å². The molecule has 32 heavy (non-hydrogen) atoms. The number of hydrogen-bond donors (Lipinski definition) is 0. The zero-order valence-electron chi connectivity index (χ0n) is 21.0. The molecule has 2 heterocycles. The second-order valence-electron chi connectivity index (χ2n) is 11.2. The molecule has 186 valence electrons. The van der Waals surface area contributed by atoms with Crippen LogP contribution in [0.3, 0.4) is 0 Å². The van der Waals surface area contributed by atoms with Gasteiger partial charge in [0.05, 0.1) is 12.2 Å². The highest BCUT2D eigenvalue weighted by Crippen LogP contribution is 2.45. The third-order valence-corrected chi connectivity index (χ3v) is 8.87. The zero-order chi connectivity index (χ0) is 22.2. The minimum absolute atomic E-state index is 0.0323. The SMILES string of the molecule is CCC[C@@H]1[C@@H](CC[C@@H](OC2CCCCO2)C2CCCCC2)[C@H](OC2CCCCO2)C[C@@H]1C. The summed E-state index contributed by atoms with van der Waals surface area (Å²) in [5, 5.41) is 0. The van der Waals surface area contributed by atoms with Gasteiger partial charge in [-0.15, -0.1) is 0 Å². The van der Waals surface area contributed by atoms with Crippen LogP contribution in [0, 0.1) is 23.7 Å². The van der Waals surface area contributed by atoms with Crippen molar-refractivity contribution in [3.63, 3.8) is 0 Å². The Morgan fingerprint density at radius 2 is 1.47 bits per heavy atom. The first-order valence-electron chi connectivity index (χ1n) is 14.3. The molecule has 4 aliphatic rings. The van der Waals surface area contributed by atoms with Crippen LogP contribution in [0.15, 0.2) is 0 Å². The van der Waals surface area contributed by atoms with E-state index in [0.717, 1.165) is 43.8 Å². The van der Waals surface area contributed by atoms with E-state index in [1.807, 2.05) is 0 Å². The lowest BCUT2D eigenvalue weighted by molar-refractivity contribution is -0.207. The van der Waals surface area contributed by atoms with Gasteiger partial charge >= 0.3 is 0 Å². The molecule has 4 nitrogen and oxygen atoms in total. The van der Waals surface area contributed by atoms with Crippen molar-refractivity contribution in [3.05, 3.63) is 0 Å². The number of ether oxygens (including phenoxy) is 4. The lowest BCUT2D eigenvalue weighted by Gasteiger charge is -2.36. The van der Waals surface area contributed by atoms with Crippen molar-refractivity contribution in [2.24, 2.45) is 23.7 Å². The quantitative estimate of drug-likeness (QED) is 0.351. The van der Waals surface area contributed by atoms with Gasteiger partial charge in [-0.2, -0.15) is 0 Å². The molecule has 2 saturated carbocycles. The van der Waals surface area contributed by atoms with Crippen LogP contribution in [0.2, 0.25) is 0 Å². The van der Waals surface area contributed by atoms with Gasteiger partial charge in [0.2, 0.25) is 0 Å². The highest BCUT2D eigenvalue weighted by Gasteiger charge is 2.43. The predicted molar refractivity (Wildman–Crippen MR) is 128 cm³/mol. The third-order valence-electron chi connectivity index (χ3n) is 8.87. The number of hydrogen-bond acceptors (Lipinski definition) is 4. The average molecular weight is 451 g/mol. The Morgan fingerprint density at radius 1 is 0.781 bits per heavy atom. The summed E-state index contributed by atoms with van der Waals surface area (Å²) >= 11 is 0. The van der Waals surface area contributed by atoms with Crippen molar-refractivity contribution in [2.75, 3.05) is 13.2 Å². The molecule has 0 radical (unpaired) electrons. The first-order valence-corrected chi connectivity index (χ1v) is 14.3. The van der Waals surface area contributed by atoms with Crippen LogP contribution in [-0.2, 0) is 18.9 Å². The maximum Gasteiger partial charge on any atom is 0.157 e. The normalized spacial score (nSPS) is 38.1. The molecule has 4 rings (SSSR count). The van der Waals surface area contributed by atoms with Crippen LogP contribution in [-0.4, -0.2) is 38.0 Å². The summed E-state index contributed by atoms with van der Waals surface area (Å²) in [6, 6.07) is 0. The minimum atomic E-state index is 0.0323. The number of rotatable bonds is 10. The average Bonchev–Trinajstić information content (AvgIpc) is 3.12. The Bertz CT molecular complexity index is 508. The molecule has 0 aromatic carbocycles. The van der Waals surface area contributed by atoms with E-state index in [9.17, 15) is 0 Å². The van der Waals surface area contributed by atoms with Crippen LogP contribution in [0.25, 0.3) is 0 Å². The summed E-state index contributed by atoms with van der Waals surface area (Å²) in [6.45, 7) is 6.55. The third kappa shape index (κ3) is 6.93. The minimum Gasteiger partial charge on any atom is -0.353 e. The maximum absolute atomic E-state index is 6.71. The van der Waals surface area contributed by atoms with Gasteiger partial charge in [-0.1, -0.05) is 46.0 Å². The summed E-state index contributed by atoms with van der Waals surface area (Å²) in [6.07, 6.45) is 20.9. The Morgan fingerprint density at radius 3 is 2.12 bits per heavy atom. The Hall–Kier alpha value is -0.160. The highest BCUT2D eigenvalue weighted by atomic mass is 16.7. The predicted octanol–water partition coefficient (Wildman–Crippen LogP) is 7.24. The van der Waals surface area contributed by atoms with E-state index in [0.29, 0.717) is 18.1 Å². The second kappa shape index (κ2) is 13.1. The molecule has 0 aromatic rings. The van der Waals surface area contributed by atoms with Gasteiger partial charge in [0.25, 0.3) is 0 Å². The van der Waals surface area contributed by atoms with Crippen molar-refractivity contribution >= 4 is 0 Å². The van der Waals surface area contributed by atoms with E-state index >= 15 is 0 Å². The molecule has 0 amide bonds. The van der Waals surface area contributed by atoms with Gasteiger partial charge in [-0.05, 0) is 94.3 Å². The summed E-state index contributed by atoms with van der Waals surface area (Å²) in [4.78, 5) is 0. The fraction of sp³-hybridized carbons (Fsp3) is 1.00. The molecule has 4 fully saturated rings. The molecular weight excluding hydrogens is 400 g/mol. The summed E-state index contributed by atoms with van der Waals surface area (Å²) in [7, 11) is 0. The molecule has 0 aromatic heterocycles. The van der Waals surface area contributed by atoms with E-state index in [2.05, 4.69) is 13.8 Å². The topological polar surface area (TPSA) is 36.9 Å². The first kappa shape index (κ1) is 24.9. The van der Waals surface area contributed by atoms with E-state index in [1.165, 1.54) is 89.9 Å². The van der Waals surface area contributed by atoms with Gasteiger partial charge in [-0.25, -0.2) is 0 Å². The van der Waals surface area contributed by atoms with Gasteiger partial charge < -0.3 is 18.9 Å². The van der Waals surface area contributed by atoms with Gasteiger partial charge in [-0.3, -0.25) is 0 Å². The smallest absolute Gasteiger partial charge is 0.157 e. The van der Waals surface area contributed by atoms with E-state index < -0.39 is 0 Å². The molecule has 0 N–H and O–H groups in total. The zero-order valence-corrected chi connectivity index (χ0v) is 21.0. The van der Waals surface area contributed by atoms with E-state index in [-0.39, 0.29) is 12.6 Å². The maximum atomic E-state index is 6.71. The lowest BCUT2D eigenvalue weighted by atomic mass is 9.79. The summed E-state index contributed by atoms with van der Waals surface area (Å²) in [5.74, 6) is 2.91. The van der Waals surface area contributed by atoms with Gasteiger partial charge in [0, 0.05) is 13.2 Å². The van der Waals surface area contributed by atoms with Crippen LogP contribution >= 0.6 is 0 Å². The monoisotopic (exact) mass is 450 g/mol. The molecule has 2 saturated heterocycles. The molecule has 7 atom stereocenters. The van der Waals surface area contributed by atoms with Crippen molar-refractivity contribution in [1.29, 1.82) is 0 Å². The summed E-state index contributed by atoms with van der Waals surface area (Å²) < 4.78 is 25.3. The van der Waals surface area contributed by atoms with Crippen molar-refractivity contribution in [1.82, 2.24) is 0 Å². The van der Waals surface area contributed by atoms with Crippen molar-refractivity contribution < 1.29 is 18.9 Å². The Kier molecular flexibility index (Phi) is 10.2. The van der Waals surface area contributed by atoms with Crippen LogP contribution in [0.5, 0.6) is 0 Å². The largest absolute Gasteiger partial charge is 0.353 e. The van der Waals surface area contributed by atoms with Gasteiger partial charge in [0.15, 0.2) is 12.6 Å². The molecule has 2 aliphatic carbocycles. The molecule has 2 aliphatic heterocycles. The Balaban J connectivity index is 1.39. The van der Waals surface area contributed by atoms with E-state index in [1.54, 1.807) is 0 Å². The summed E-state index contributed by atoms with van der Waals surface area (Å²) in [5.41, 5.74) is 0. The molecule has 4 heteroatoms. The molecular formula is C28H50O4. The second-order valence-corrected chi connectivity index (χ2v) is 11.2. The molecule has 0 spiro atoms. The van der Waals surface area contributed by atoms with Crippen LogP contribution < -0.4 is 0 Å². The van der Waals surface area contributed by atoms with Crippen LogP contribution in [0.1, 0.15) is 117 Å². The van der Waals surface area contributed by atoms with Gasteiger partial charge in [0.1, 0.15) is 0 Å². The van der Waals surface area contributed by atoms with Crippen molar-refractivity contribution in [3.8, 4) is 0 Å².